The van der Waals surface area contributed by atoms with Crippen molar-refractivity contribution in [2.24, 2.45) is 0 Å². The van der Waals surface area contributed by atoms with Crippen molar-refractivity contribution in [3.8, 4) is 0 Å². The number of benzene rings is 2. The SMILES string of the molecule is CC[C@@H](C)c1ccc(S(=O)(=O)Nc2cc([N+](=O)[O-])ccc2F)cc1. The van der Waals surface area contributed by atoms with Crippen LogP contribution in [0.5, 0.6) is 0 Å². The van der Waals surface area contributed by atoms with E-state index < -0.39 is 32.1 Å². The van der Waals surface area contributed by atoms with Crippen molar-refractivity contribution in [2.75, 3.05) is 4.72 Å². The molecule has 2 aromatic carbocycles. The van der Waals surface area contributed by atoms with Gasteiger partial charge in [0.1, 0.15) is 5.82 Å². The summed E-state index contributed by atoms with van der Waals surface area (Å²) >= 11 is 0. The molecule has 0 aliphatic rings. The van der Waals surface area contributed by atoms with Gasteiger partial charge in [0.15, 0.2) is 0 Å². The summed E-state index contributed by atoms with van der Waals surface area (Å²) in [5.74, 6) is -0.593. The molecule has 1 N–H and O–H groups in total. The molecule has 2 aromatic rings. The highest BCUT2D eigenvalue weighted by molar-refractivity contribution is 7.92. The van der Waals surface area contributed by atoms with Crippen LogP contribution in [-0.2, 0) is 10.0 Å². The highest BCUT2D eigenvalue weighted by Crippen LogP contribution is 2.25. The van der Waals surface area contributed by atoms with Gasteiger partial charge in [-0.2, -0.15) is 0 Å². The molecule has 6 nitrogen and oxygen atoms in total. The first-order chi connectivity index (χ1) is 11.2. The Bertz CT molecular complexity index is 851. The van der Waals surface area contributed by atoms with E-state index in [2.05, 4.69) is 4.72 Å². The summed E-state index contributed by atoms with van der Waals surface area (Å²) in [6, 6.07) is 8.92. The summed E-state index contributed by atoms with van der Waals surface area (Å²) in [4.78, 5) is 9.97. The largest absolute Gasteiger partial charge is 0.276 e. The summed E-state index contributed by atoms with van der Waals surface area (Å²) < 4.78 is 40.5. The molecule has 0 aliphatic carbocycles. The normalized spacial score (nSPS) is 12.6. The lowest BCUT2D eigenvalue weighted by Crippen LogP contribution is -2.14. The van der Waals surface area contributed by atoms with E-state index in [-0.39, 0.29) is 4.90 Å². The third-order valence-corrected chi connectivity index (χ3v) is 5.16. The van der Waals surface area contributed by atoms with Crippen LogP contribution in [0.1, 0.15) is 31.7 Å². The number of nitrogens with one attached hydrogen (secondary N) is 1. The van der Waals surface area contributed by atoms with Crippen molar-refractivity contribution in [1.82, 2.24) is 0 Å². The maximum atomic E-state index is 13.7. The molecule has 0 aromatic heterocycles. The van der Waals surface area contributed by atoms with E-state index in [1.54, 1.807) is 12.1 Å². The summed E-state index contributed by atoms with van der Waals surface area (Å²) in [5.41, 5.74) is 0.134. The Kier molecular flexibility index (Phi) is 5.18. The Labute approximate surface area is 139 Å². The third kappa shape index (κ3) is 3.88. The molecule has 0 saturated heterocycles. The first kappa shape index (κ1) is 17.9. The van der Waals surface area contributed by atoms with Crippen LogP contribution in [0.4, 0.5) is 15.8 Å². The Hall–Kier alpha value is -2.48. The first-order valence-electron chi connectivity index (χ1n) is 7.31. The van der Waals surface area contributed by atoms with Crippen molar-refractivity contribution in [1.29, 1.82) is 0 Å². The monoisotopic (exact) mass is 352 g/mol. The minimum absolute atomic E-state index is 0.0412. The number of nitro groups is 1. The molecule has 0 aliphatic heterocycles. The van der Waals surface area contributed by atoms with Crippen molar-refractivity contribution in [3.63, 3.8) is 0 Å². The second-order valence-corrected chi connectivity index (χ2v) is 7.09. The smallest absolute Gasteiger partial charge is 0.271 e. The Morgan fingerprint density at radius 1 is 1.21 bits per heavy atom. The Morgan fingerprint density at radius 2 is 1.83 bits per heavy atom. The van der Waals surface area contributed by atoms with E-state index in [0.29, 0.717) is 5.92 Å². The average molecular weight is 352 g/mol. The van der Waals surface area contributed by atoms with Crippen molar-refractivity contribution in [3.05, 3.63) is 64.0 Å². The molecule has 0 bridgehead atoms. The molecule has 0 heterocycles. The molecule has 0 spiro atoms. The average Bonchev–Trinajstić information content (AvgIpc) is 2.55. The Balaban J connectivity index is 2.32. The first-order valence-corrected chi connectivity index (χ1v) is 8.79. The molecule has 1 atom stereocenters. The van der Waals surface area contributed by atoms with Gasteiger partial charge in [0, 0.05) is 12.1 Å². The minimum atomic E-state index is -4.04. The molecule has 8 heteroatoms. The molecule has 2 rings (SSSR count). The number of hydrogen-bond donors (Lipinski definition) is 1. The van der Waals surface area contributed by atoms with Crippen LogP contribution in [0, 0.1) is 15.9 Å². The number of sulfonamides is 1. The summed E-state index contributed by atoms with van der Waals surface area (Å²) in [6.07, 6.45) is 0.920. The van der Waals surface area contributed by atoms with E-state index in [1.807, 2.05) is 13.8 Å². The van der Waals surface area contributed by atoms with Gasteiger partial charge in [-0.3, -0.25) is 14.8 Å². The van der Waals surface area contributed by atoms with E-state index >= 15 is 0 Å². The molecule has 128 valence electrons. The lowest BCUT2D eigenvalue weighted by Gasteiger charge is -2.11. The number of hydrogen-bond acceptors (Lipinski definition) is 4. The molecule has 0 amide bonds. The van der Waals surface area contributed by atoms with E-state index in [1.165, 1.54) is 12.1 Å². The van der Waals surface area contributed by atoms with E-state index in [0.717, 1.165) is 30.2 Å². The van der Waals surface area contributed by atoms with Gasteiger partial charge in [0.25, 0.3) is 15.7 Å². The maximum Gasteiger partial charge on any atom is 0.271 e. The summed E-state index contributed by atoms with van der Waals surface area (Å²) in [6.45, 7) is 4.06. The fraction of sp³-hybridized carbons (Fsp3) is 0.250. The van der Waals surface area contributed by atoms with Gasteiger partial charge in [-0.25, -0.2) is 12.8 Å². The number of halogens is 1. The predicted octanol–water partition coefficient (Wildman–Crippen LogP) is 4.05. The number of non-ortho nitro benzene ring substituents is 1. The maximum absolute atomic E-state index is 13.7. The predicted molar refractivity (Wildman–Crippen MR) is 89.0 cm³/mol. The van der Waals surface area contributed by atoms with Crippen LogP contribution < -0.4 is 4.72 Å². The number of nitrogens with zero attached hydrogens (tertiary/aromatic N) is 1. The van der Waals surface area contributed by atoms with Crippen LogP contribution in [0.3, 0.4) is 0 Å². The highest BCUT2D eigenvalue weighted by atomic mass is 32.2. The quantitative estimate of drug-likeness (QED) is 0.627. The van der Waals surface area contributed by atoms with Crippen molar-refractivity contribution >= 4 is 21.4 Å². The van der Waals surface area contributed by atoms with E-state index in [9.17, 15) is 22.9 Å². The van der Waals surface area contributed by atoms with Crippen molar-refractivity contribution < 1.29 is 17.7 Å². The van der Waals surface area contributed by atoms with Crippen LogP contribution in [0.15, 0.2) is 47.4 Å². The highest BCUT2D eigenvalue weighted by Gasteiger charge is 2.19. The molecule has 0 fully saturated rings. The van der Waals surface area contributed by atoms with Gasteiger partial charge >= 0.3 is 0 Å². The van der Waals surface area contributed by atoms with Gasteiger partial charge in [-0.05, 0) is 36.1 Å². The van der Waals surface area contributed by atoms with Gasteiger partial charge < -0.3 is 0 Å². The molecular formula is C16H17FN2O4S. The fourth-order valence-corrected chi connectivity index (χ4v) is 3.18. The topological polar surface area (TPSA) is 89.3 Å². The van der Waals surface area contributed by atoms with Gasteiger partial charge in [0.05, 0.1) is 15.5 Å². The number of anilines is 1. The van der Waals surface area contributed by atoms with Crippen LogP contribution in [0.2, 0.25) is 0 Å². The summed E-state index contributed by atoms with van der Waals surface area (Å²) in [7, 11) is -4.04. The second-order valence-electron chi connectivity index (χ2n) is 5.41. The summed E-state index contributed by atoms with van der Waals surface area (Å²) in [5, 5.41) is 10.7. The van der Waals surface area contributed by atoms with Crippen LogP contribution in [-0.4, -0.2) is 13.3 Å². The van der Waals surface area contributed by atoms with Crippen LogP contribution >= 0.6 is 0 Å². The lowest BCUT2D eigenvalue weighted by molar-refractivity contribution is -0.384. The molecular weight excluding hydrogens is 335 g/mol. The number of rotatable bonds is 6. The van der Waals surface area contributed by atoms with Crippen LogP contribution in [0.25, 0.3) is 0 Å². The second kappa shape index (κ2) is 6.96. The minimum Gasteiger partial charge on any atom is -0.276 e. The van der Waals surface area contributed by atoms with Gasteiger partial charge in [0.2, 0.25) is 0 Å². The molecule has 24 heavy (non-hydrogen) atoms. The zero-order valence-electron chi connectivity index (χ0n) is 13.2. The van der Waals surface area contributed by atoms with E-state index in [4.69, 9.17) is 0 Å². The number of nitro benzene ring substituents is 1. The lowest BCUT2D eigenvalue weighted by atomic mass is 9.99. The standard InChI is InChI=1S/C16H17FN2O4S/c1-3-11(2)12-4-7-14(8-5-12)24(22,23)18-16-10-13(19(20)21)6-9-15(16)17/h4-11,18H,3H2,1-2H3/t11-/m1/s1. The third-order valence-electron chi connectivity index (χ3n) is 3.78. The molecule has 0 unspecified atom stereocenters. The van der Waals surface area contributed by atoms with Gasteiger partial charge in [-0.1, -0.05) is 26.0 Å². The zero-order chi connectivity index (χ0) is 17.9. The zero-order valence-corrected chi connectivity index (χ0v) is 14.0. The Morgan fingerprint density at radius 3 is 2.38 bits per heavy atom. The fourth-order valence-electron chi connectivity index (χ4n) is 2.12. The van der Waals surface area contributed by atoms with Gasteiger partial charge in [-0.15, -0.1) is 0 Å². The molecule has 0 radical (unpaired) electrons. The molecule has 0 saturated carbocycles. The van der Waals surface area contributed by atoms with Crippen molar-refractivity contribution in [2.45, 2.75) is 31.1 Å².